The van der Waals surface area contributed by atoms with Crippen LogP contribution in [0.15, 0.2) is 57.9 Å². The minimum Gasteiger partial charge on any atom is -0.339 e. The van der Waals surface area contributed by atoms with Crippen molar-refractivity contribution in [3.8, 4) is 11.4 Å². The third-order valence-electron chi connectivity index (χ3n) is 3.49. The van der Waals surface area contributed by atoms with Gasteiger partial charge in [0.25, 0.3) is 0 Å². The molecule has 0 saturated heterocycles. The first-order valence-corrected chi connectivity index (χ1v) is 9.97. The highest BCUT2D eigenvalue weighted by molar-refractivity contribution is 14.1. The van der Waals surface area contributed by atoms with Gasteiger partial charge in [0.2, 0.25) is 17.6 Å². The van der Waals surface area contributed by atoms with E-state index in [4.69, 9.17) is 4.52 Å². The number of aryl methyl sites for hydroxylation is 1. The monoisotopic (exact) mass is 465 g/mol. The lowest BCUT2D eigenvalue weighted by Crippen LogP contribution is -2.12. The summed E-state index contributed by atoms with van der Waals surface area (Å²) in [6.45, 7) is 0. The number of hydrogen-bond donors (Lipinski definition) is 1. The predicted molar refractivity (Wildman–Crippen MR) is 108 cm³/mol. The van der Waals surface area contributed by atoms with Crippen molar-refractivity contribution in [3.63, 3.8) is 0 Å². The van der Waals surface area contributed by atoms with Crippen LogP contribution in [-0.2, 0) is 11.2 Å². The van der Waals surface area contributed by atoms with Crippen LogP contribution < -0.4 is 5.32 Å². The van der Waals surface area contributed by atoms with Crippen LogP contribution in [0.3, 0.4) is 0 Å². The predicted octanol–water partition coefficient (Wildman–Crippen LogP) is 4.63. The number of hydrogen-bond acceptors (Lipinski definition) is 5. The van der Waals surface area contributed by atoms with Crippen molar-refractivity contribution in [1.29, 1.82) is 0 Å². The normalized spacial score (nSPS) is 10.6. The van der Waals surface area contributed by atoms with E-state index in [1.165, 1.54) is 0 Å². The molecule has 3 rings (SSSR count). The molecule has 1 aromatic heterocycles. The van der Waals surface area contributed by atoms with Gasteiger partial charge in [0.1, 0.15) is 0 Å². The molecule has 0 aliphatic heterocycles. The number of rotatable bonds is 6. The molecule has 0 spiro atoms. The largest absolute Gasteiger partial charge is 0.339 e. The van der Waals surface area contributed by atoms with Crippen molar-refractivity contribution in [2.45, 2.75) is 17.7 Å². The summed E-state index contributed by atoms with van der Waals surface area (Å²) >= 11 is 3.88. The summed E-state index contributed by atoms with van der Waals surface area (Å²) in [7, 11) is 0. The van der Waals surface area contributed by atoms with Crippen molar-refractivity contribution in [2.24, 2.45) is 0 Å². The second kappa shape index (κ2) is 8.48. The Balaban J connectivity index is 1.56. The van der Waals surface area contributed by atoms with Crippen LogP contribution in [0.4, 0.5) is 5.69 Å². The number of nitrogens with one attached hydrogen (secondary N) is 1. The average molecular weight is 465 g/mol. The highest BCUT2D eigenvalue weighted by Gasteiger charge is 2.11. The van der Waals surface area contributed by atoms with Gasteiger partial charge in [-0.2, -0.15) is 4.98 Å². The number of amides is 1. The molecule has 1 amide bonds. The fraction of sp³-hybridized carbons (Fsp3) is 0.167. The second-order valence-electron chi connectivity index (χ2n) is 5.30. The van der Waals surface area contributed by atoms with Crippen LogP contribution in [0.5, 0.6) is 0 Å². The zero-order valence-electron chi connectivity index (χ0n) is 13.5. The molecule has 5 nitrogen and oxygen atoms in total. The molecule has 1 heterocycles. The average Bonchev–Trinajstić information content (AvgIpc) is 3.10. The summed E-state index contributed by atoms with van der Waals surface area (Å²) in [5, 5.41) is 6.87. The molecule has 25 heavy (non-hydrogen) atoms. The highest BCUT2D eigenvalue weighted by atomic mass is 127. The molecule has 0 aliphatic rings. The summed E-state index contributed by atoms with van der Waals surface area (Å²) in [5.74, 6) is 0.924. The molecule has 0 fully saturated rings. The number of benzene rings is 2. The van der Waals surface area contributed by atoms with Crippen LogP contribution in [0.25, 0.3) is 11.4 Å². The van der Waals surface area contributed by atoms with E-state index in [0.29, 0.717) is 18.1 Å². The molecule has 0 radical (unpaired) electrons. The number of carbonyl (C=O) groups is 1. The first kappa shape index (κ1) is 17.9. The van der Waals surface area contributed by atoms with Crippen molar-refractivity contribution < 1.29 is 9.32 Å². The van der Waals surface area contributed by atoms with E-state index in [1.807, 2.05) is 54.8 Å². The maximum atomic E-state index is 12.1. The van der Waals surface area contributed by atoms with Crippen LogP contribution in [0.2, 0.25) is 0 Å². The molecule has 0 saturated carbocycles. The van der Waals surface area contributed by atoms with Crippen molar-refractivity contribution in [2.75, 3.05) is 11.6 Å². The van der Waals surface area contributed by atoms with E-state index in [0.717, 1.165) is 19.7 Å². The minimum atomic E-state index is -0.0766. The molecule has 0 aliphatic carbocycles. The SMILES string of the molecule is CSc1cccc(NC(=O)CCc2nc(-c3ccc(I)cc3)no2)c1. The van der Waals surface area contributed by atoms with Gasteiger partial charge in [-0.15, -0.1) is 11.8 Å². The van der Waals surface area contributed by atoms with Gasteiger partial charge in [-0.1, -0.05) is 23.4 Å². The summed E-state index contributed by atoms with van der Waals surface area (Å²) < 4.78 is 6.39. The van der Waals surface area contributed by atoms with Crippen LogP contribution >= 0.6 is 34.4 Å². The second-order valence-corrected chi connectivity index (χ2v) is 7.42. The van der Waals surface area contributed by atoms with Gasteiger partial charge in [-0.25, -0.2) is 0 Å². The lowest BCUT2D eigenvalue weighted by molar-refractivity contribution is -0.116. The van der Waals surface area contributed by atoms with Gasteiger partial charge < -0.3 is 9.84 Å². The first-order chi connectivity index (χ1) is 12.1. The molecular weight excluding hydrogens is 449 g/mol. The van der Waals surface area contributed by atoms with Gasteiger partial charge >= 0.3 is 0 Å². The van der Waals surface area contributed by atoms with E-state index in [-0.39, 0.29) is 12.3 Å². The van der Waals surface area contributed by atoms with Crippen LogP contribution in [0, 0.1) is 3.57 Å². The molecule has 3 aromatic rings. The lowest BCUT2D eigenvalue weighted by Gasteiger charge is -2.05. The van der Waals surface area contributed by atoms with E-state index in [9.17, 15) is 4.79 Å². The summed E-state index contributed by atoms with van der Waals surface area (Å²) in [5.41, 5.74) is 1.69. The summed E-state index contributed by atoms with van der Waals surface area (Å²) in [4.78, 5) is 17.6. The quantitative estimate of drug-likeness (QED) is 0.425. The zero-order chi connectivity index (χ0) is 17.6. The minimum absolute atomic E-state index is 0.0766. The molecule has 1 N–H and O–H groups in total. The number of carbonyl (C=O) groups excluding carboxylic acids is 1. The van der Waals surface area contributed by atoms with E-state index >= 15 is 0 Å². The molecule has 0 unspecified atom stereocenters. The van der Waals surface area contributed by atoms with Gasteiger partial charge in [0.05, 0.1) is 0 Å². The molecule has 7 heteroatoms. The highest BCUT2D eigenvalue weighted by Crippen LogP contribution is 2.20. The number of nitrogens with zero attached hydrogens (tertiary/aromatic N) is 2. The van der Waals surface area contributed by atoms with E-state index in [2.05, 4.69) is 38.0 Å². The Morgan fingerprint density at radius 3 is 2.80 bits per heavy atom. The van der Waals surface area contributed by atoms with Crippen molar-refractivity contribution >= 4 is 45.9 Å². The standard InChI is InChI=1S/C18H16IN3O2S/c1-25-15-4-2-3-14(11-15)20-16(23)9-10-17-21-18(22-24-17)12-5-7-13(19)8-6-12/h2-8,11H,9-10H2,1H3,(H,20,23). The molecule has 128 valence electrons. The molecule has 2 aromatic carbocycles. The number of aromatic nitrogens is 2. The molecular formula is C18H16IN3O2S. The maximum absolute atomic E-state index is 12.1. The first-order valence-electron chi connectivity index (χ1n) is 7.66. The topological polar surface area (TPSA) is 68.0 Å². The smallest absolute Gasteiger partial charge is 0.227 e. The van der Waals surface area contributed by atoms with E-state index in [1.54, 1.807) is 11.8 Å². The van der Waals surface area contributed by atoms with Crippen molar-refractivity contribution in [3.05, 3.63) is 58.0 Å². The zero-order valence-corrected chi connectivity index (χ0v) is 16.5. The Labute approximate surface area is 163 Å². The lowest BCUT2D eigenvalue weighted by atomic mass is 10.2. The number of halogens is 1. The van der Waals surface area contributed by atoms with Crippen molar-refractivity contribution in [1.82, 2.24) is 10.1 Å². The third kappa shape index (κ3) is 5.05. The Hall–Kier alpha value is -1.87. The summed E-state index contributed by atoms with van der Waals surface area (Å²) in [6.07, 6.45) is 2.70. The number of anilines is 1. The maximum Gasteiger partial charge on any atom is 0.227 e. The third-order valence-corrected chi connectivity index (χ3v) is 4.93. The fourth-order valence-corrected chi connectivity index (χ4v) is 3.04. The van der Waals surface area contributed by atoms with Crippen LogP contribution in [0.1, 0.15) is 12.3 Å². The van der Waals surface area contributed by atoms with E-state index < -0.39 is 0 Å². The fourth-order valence-electron chi connectivity index (χ4n) is 2.22. The summed E-state index contributed by atoms with van der Waals surface area (Å²) in [6, 6.07) is 15.6. The van der Waals surface area contributed by atoms with Gasteiger partial charge in [-0.3, -0.25) is 4.79 Å². The Morgan fingerprint density at radius 2 is 2.04 bits per heavy atom. The van der Waals surface area contributed by atoms with Gasteiger partial charge in [0, 0.05) is 32.6 Å². The molecule has 0 atom stereocenters. The molecule has 0 bridgehead atoms. The number of thioether (sulfide) groups is 1. The van der Waals surface area contributed by atoms with Gasteiger partial charge in [-0.05, 0) is 59.2 Å². The Morgan fingerprint density at radius 1 is 1.24 bits per heavy atom. The van der Waals surface area contributed by atoms with Crippen LogP contribution in [-0.4, -0.2) is 22.3 Å². The Bertz CT molecular complexity index is 865. The Kier molecular flexibility index (Phi) is 6.09. The van der Waals surface area contributed by atoms with Gasteiger partial charge in [0.15, 0.2) is 0 Å².